The molecule has 0 aromatic heterocycles. The Morgan fingerprint density at radius 3 is 2.07 bits per heavy atom. The zero-order valence-electron chi connectivity index (χ0n) is 18.0. The average molecular weight is 437 g/mol. The van der Waals surface area contributed by atoms with Crippen LogP contribution in [0.3, 0.4) is 0 Å². The summed E-state index contributed by atoms with van der Waals surface area (Å²) >= 11 is 0. The Labute approximate surface area is 177 Å². The van der Waals surface area contributed by atoms with Gasteiger partial charge in [0.1, 0.15) is 11.8 Å². The zero-order valence-corrected chi connectivity index (χ0v) is 18.8. The van der Waals surface area contributed by atoms with Crippen LogP contribution in [0.4, 0.5) is 11.4 Å². The topological polar surface area (TPSA) is 94.2 Å². The molecule has 1 atom stereocenters. The maximum absolute atomic E-state index is 12.8. The molecule has 0 radical (unpaired) electrons. The molecule has 0 saturated carbocycles. The van der Waals surface area contributed by atoms with Gasteiger partial charge in [-0.05, 0) is 57.2 Å². The summed E-state index contributed by atoms with van der Waals surface area (Å²) in [5.41, 5.74) is 0.821. The molecule has 8 nitrogen and oxygen atoms in total. The van der Waals surface area contributed by atoms with Gasteiger partial charge in [0.2, 0.25) is 15.9 Å². The highest BCUT2D eigenvalue weighted by Gasteiger charge is 2.30. The van der Waals surface area contributed by atoms with Crippen molar-refractivity contribution in [2.24, 2.45) is 0 Å². The van der Waals surface area contributed by atoms with Crippen LogP contribution >= 0.6 is 0 Å². The third-order valence-corrected chi connectivity index (χ3v) is 5.45. The number of rotatable bonds is 9. The summed E-state index contributed by atoms with van der Waals surface area (Å²) in [4.78, 5) is 12.8. The second-order valence-electron chi connectivity index (χ2n) is 6.95. The lowest BCUT2D eigenvalue weighted by Crippen LogP contribution is -2.45. The van der Waals surface area contributed by atoms with Crippen molar-refractivity contribution < 1.29 is 27.4 Å². The van der Waals surface area contributed by atoms with Crippen LogP contribution in [-0.2, 0) is 14.8 Å². The average Bonchev–Trinajstić information content (AvgIpc) is 2.67. The number of benzene rings is 2. The molecule has 0 aliphatic carbocycles. The standard InChI is InChI=1S/C21H28N2O6S/c1-14(2)29-18-10-7-16(8-11-18)22-21(24)15(3)23(30(6,25)26)17-9-12-19(27-4)20(13-17)28-5/h7-15H,1-6H3,(H,22,24)/t15-/m1/s1. The maximum atomic E-state index is 12.8. The van der Waals surface area contributed by atoms with Crippen molar-refractivity contribution in [1.82, 2.24) is 0 Å². The minimum atomic E-state index is -3.76. The second-order valence-corrected chi connectivity index (χ2v) is 8.81. The molecule has 2 rings (SSSR count). The van der Waals surface area contributed by atoms with Crippen LogP contribution in [0, 0.1) is 0 Å². The number of methoxy groups -OCH3 is 2. The number of hydrogen-bond donors (Lipinski definition) is 1. The van der Waals surface area contributed by atoms with Gasteiger partial charge in [-0.2, -0.15) is 0 Å². The molecule has 1 N–H and O–H groups in total. The molecule has 0 heterocycles. The van der Waals surface area contributed by atoms with Crippen molar-refractivity contribution in [3.8, 4) is 17.2 Å². The van der Waals surface area contributed by atoms with Crippen molar-refractivity contribution in [1.29, 1.82) is 0 Å². The van der Waals surface area contributed by atoms with Gasteiger partial charge < -0.3 is 19.5 Å². The third kappa shape index (κ3) is 5.79. The van der Waals surface area contributed by atoms with E-state index in [0.29, 0.717) is 28.6 Å². The smallest absolute Gasteiger partial charge is 0.247 e. The number of carbonyl (C=O) groups excluding carboxylic acids is 1. The summed E-state index contributed by atoms with van der Waals surface area (Å²) in [7, 11) is -0.824. The molecular formula is C21H28N2O6S. The van der Waals surface area contributed by atoms with E-state index in [-0.39, 0.29) is 6.10 Å². The van der Waals surface area contributed by atoms with Crippen molar-refractivity contribution in [3.05, 3.63) is 42.5 Å². The van der Waals surface area contributed by atoms with Crippen molar-refractivity contribution in [2.75, 3.05) is 30.1 Å². The fourth-order valence-electron chi connectivity index (χ4n) is 2.91. The Bertz CT molecular complexity index is 973. The van der Waals surface area contributed by atoms with E-state index in [9.17, 15) is 13.2 Å². The lowest BCUT2D eigenvalue weighted by Gasteiger charge is -2.28. The van der Waals surface area contributed by atoms with E-state index >= 15 is 0 Å². The largest absolute Gasteiger partial charge is 0.493 e. The maximum Gasteiger partial charge on any atom is 0.247 e. The second kappa shape index (κ2) is 9.71. The number of hydrogen-bond acceptors (Lipinski definition) is 6. The van der Waals surface area contributed by atoms with Gasteiger partial charge in [0.15, 0.2) is 11.5 Å². The third-order valence-electron chi connectivity index (χ3n) is 4.20. The minimum Gasteiger partial charge on any atom is -0.493 e. The number of nitrogens with zero attached hydrogens (tertiary/aromatic N) is 1. The Balaban J connectivity index is 2.27. The van der Waals surface area contributed by atoms with E-state index < -0.39 is 22.0 Å². The van der Waals surface area contributed by atoms with Crippen LogP contribution in [0.25, 0.3) is 0 Å². The van der Waals surface area contributed by atoms with Crippen LogP contribution in [0.1, 0.15) is 20.8 Å². The minimum absolute atomic E-state index is 0.0373. The molecule has 0 unspecified atom stereocenters. The van der Waals surface area contributed by atoms with Crippen LogP contribution < -0.4 is 23.8 Å². The molecule has 0 aliphatic heterocycles. The molecule has 2 aromatic rings. The summed E-state index contributed by atoms with van der Waals surface area (Å²) in [5, 5.41) is 2.74. The lowest BCUT2D eigenvalue weighted by atomic mass is 10.2. The molecule has 1 amide bonds. The highest BCUT2D eigenvalue weighted by molar-refractivity contribution is 7.92. The molecule has 0 aliphatic rings. The number of sulfonamides is 1. The quantitative estimate of drug-likeness (QED) is 0.648. The molecule has 9 heteroatoms. The number of carbonyl (C=O) groups is 1. The highest BCUT2D eigenvalue weighted by atomic mass is 32.2. The van der Waals surface area contributed by atoms with Gasteiger partial charge in [-0.1, -0.05) is 0 Å². The zero-order chi connectivity index (χ0) is 22.5. The van der Waals surface area contributed by atoms with E-state index in [1.807, 2.05) is 13.8 Å². The van der Waals surface area contributed by atoms with E-state index in [2.05, 4.69) is 5.32 Å². The van der Waals surface area contributed by atoms with Crippen molar-refractivity contribution in [2.45, 2.75) is 32.9 Å². The van der Waals surface area contributed by atoms with Gasteiger partial charge in [0.25, 0.3) is 0 Å². The van der Waals surface area contributed by atoms with Gasteiger partial charge in [-0.3, -0.25) is 9.10 Å². The SMILES string of the molecule is COc1ccc(N([C@H](C)C(=O)Nc2ccc(OC(C)C)cc2)S(C)(=O)=O)cc1OC. The molecular weight excluding hydrogens is 408 g/mol. The van der Waals surface area contributed by atoms with Gasteiger partial charge >= 0.3 is 0 Å². The van der Waals surface area contributed by atoms with Crippen molar-refractivity contribution in [3.63, 3.8) is 0 Å². The fourth-order valence-corrected chi connectivity index (χ4v) is 4.07. The molecule has 0 saturated heterocycles. The van der Waals surface area contributed by atoms with E-state index in [1.165, 1.54) is 27.2 Å². The predicted molar refractivity (Wildman–Crippen MR) is 117 cm³/mol. The highest BCUT2D eigenvalue weighted by Crippen LogP contribution is 2.33. The first-order valence-corrected chi connectivity index (χ1v) is 11.2. The summed E-state index contributed by atoms with van der Waals surface area (Å²) in [6, 6.07) is 10.5. The van der Waals surface area contributed by atoms with Gasteiger partial charge in [0, 0.05) is 11.8 Å². The van der Waals surface area contributed by atoms with Crippen LogP contribution in [0.15, 0.2) is 42.5 Å². The molecule has 0 bridgehead atoms. The normalized spacial score (nSPS) is 12.2. The molecule has 0 spiro atoms. The fraction of sp³-hybridized carbons (Fsp3) is 0.381. The van der Waals surface area contributed by atoms with Gasteiger partial charge in [-0.15, -0.1) is 0 Å². The summed E-state index contributed by atoms with van der Waals surface area (Å²) in [6.07, 6.45) is 1.08. The number of anilines is 2. The first kappa shape index (κ1) is 23.3. The summed E-state index contributed by atoms with van der Waals surface area (Å²) < 4.78 is 42.1. The number of nitrogens with one attached hydrogen (secondary N) is 1. The Kier molecular flexibility index (Phi) is 7.55. The number of ether oxygens (including phenoxy) is 3. The van der Waals surface area contributed by atoms with Crippen LogP contribution in [0.2, 0.25) is 0 Å². The van der Waals surface area contributed by atoms with Crippen LogP contribution in [-0.4, -0.2) is 46.9 Å². The van der Waals surface area contributed by atoms with Gasteiger partial charge in [0.05, 0.1) is 32.3 Å². The molecule has 0 fully saturated rings. The van der Waals surface area contributed by atoms with E-state index in [4.69, 9.17) is 14.2 Å². The van der Waals surface area contributed by atoms with E-state index in [0.717, 1.165) is 10.6 Å². The lowest BCUT2D eigenvalue weighted by molar-refractivity contribution is -0.116. The Morgan fingerprint density at radius 2 is 1.57 bits per heavy atom. The van der Waals surface area contributed by atoms with Crippen LogP contribution in [0.5, 0.6) is 17.2 Å². The van der Waals surface area contributed by atoms with Gasteiger partial charge in [-0.25, -0.2) is 8.42 Å². The first-order valence-electron chi connectivity index (χ1n) is 9.35. The molecule has 164 valence electrons. The summed E-state index contributed by atoms with van der Waals surface area (Å²) in [5.74, 6) is 1.01. The van der Waals surface area contributed by atoms with E-state index in [1.54, 1.807) is 36.4 Å². The summed E-state index contributed by atoms with van der Waals surface area (Å²) in [6.45, 7) is 5.36. The monoisotopic (exact) mass is 436 g/mol. The molecule has 2 aromatic carbocycles. The Hall–Kier alpha value is -2.94. The Morgan fingerprint density at radius 1 is 0.967 bits per heavy atom. The predicted octanol–water partition coefficient (Wildman–Crippen LogP) is 3.28. The molecule has 30 heavy (non-hydrogen) atoms. The first-order chi connectivity index (χ1) is 14.1. The van der Waals surface area contributed by atoms with Crippen molar-refractivity contribution >= 4 is 27.3 Å². The number of amides is 1.